The molecule has 0 aromatic heterocycles. The molecular formula is C2H3F4OP. The van der Waals surface area contributed by atoms with Crippen molar-refractivity contribution < 1.29 is 22.1 Å². The second kappa shape index (κ2) is 2.60. The fourth-order valence-electron chi connectivity index (χ4n) is 0.0514. The van der Waals surface area contributed by atoms with Crippen LogP contribution in [0.1, 0.15) is 0 Å². The van der Waals surface area contributed by atoms with Crippen molar-refractivity contribution in [2.24, 2.45) is 0 Å². The van der Waals surface area contributed by atoms with Gasteiger partial charge in [0.15, 0.2) is 0 Å². The Kier molecular flexibility index (Phi) is 2.63. The Morgan fingerprint density at radius 3 is 1.75 bits per heavy atom. The predicted molar refractivity (Wildman–Crippen MR) is 21.7 cm³/mol. The van der Waals surface area contributed by atoms with Gasteiger partial charge in [-0.3, -0.25) is 4.52 Å². The zero-order valence-electron chi connectivity index (χ0n) is 3.57. The summed E-state index contributed by atoms with van der Waals surface area (Å²) in [4.78, 5) is 0. The molecule has 0 aliphatic carbocycles. The Morgan fingerprint density at radius 2 is 1.75 bits per heavy atom. The minimum atomic E-state index is -4.33. The molecule has 1 atom stereocenters. The first kappa shape index (κ1) is 8.11. The summed E-state index contributed by atoms with van der Waals surface area (Å²) in [6, 6.07) is 0. The van der Waals surface area contributed by atoms with Crippen LogP contribution in [0.5, 0.6) is 0 Å². The number of rotatable bonds is 2. The largest absolute Gasteiger partial charge is 0.419 e. The SMILES string of the molecule is FC(F)C(F)(F)OP. The van der Waals surface area contributed by atoms with Crippen LogP contribution in [0.15, 0.2) is 0 Å². The first-order valence-electron chi connectivity index (χ1n) is 1.54. The highest BCUT2D eigenvalue weighted by Crippen LogP contribution is 2.25. The van der Waals surface area contributed by atoms with Gasteiger partial charge in [-0.15, -0.1) is 0 Å². The van der Waals surface area contributed by atoms with E-state index in [-0.39, 0.29) is 0 Å². The smallest absolute Gasteiger partial charge is 0.299 e. The Morgan fingerprint density at radius 1 is 1.38 bits per heavy atom. The van der Waals surface area contributed by atoms with E-state index in [0.717, 1.165) is 9.47 Å². The van der Waals surface area contributed by atoms with Crippen molar-refractivity contribution in [3.63, 3.8) is 0 Å². The monoisotopic (exact) mass is 150 g/mol. The second-order valence-electron chi connectivity index (χ2n) is 0.980. The van der Waals surface area contributed by atoms with E-state index in [1.165, 1.54) is 0 Å². The molecule has 0 N–H and O–H groups in total. The van der Waals surface area contributed by atoms with Crippen LogP contribution in [0.25, 0.3) is 0 Å². The lowest BCUT2D eigenvalue weighted by Crippen LogP contribution is -2.25. The summed E-state index contributed by atoms with van der Waals surface area (Å²) in [7, 11) is 1.06. The van der Waals surface area contributed by atoms with Gasteiger partial charge in [-0.1, -0.05) is 0 Å². The summed E-state index contributed by atoms with van der Waals surface area (Å²) in [6.45, 7) is 0. The summed E-state index contributed by atoms with van der Waals surface area (Å²) >= 11 is 0. The van der Waals surface area contributed by atoms with Crippen LogP contribution >= 0.6 is 9.47 Å². The van der Waals surface area contributed by atoms with Gasteiger partial charge in [0.1, 0.15) is 0 Å². The molecule has 0 aromatic carbocycles. The maximum atomic E-state index is 11.3. The van der Waals surface area contributed by atoms with Crippen molar-refractivity contribution in [1.82, 2.24) is 0 Å². The molecule has 50 valence electrons. The zero-order chi connectivity index (χ0) is 6.78. The third kappa shape index (κ3) is 1.92. The van der Waals surface area contributed by atoms with Gasteiger partial charge in [0.2, 0.25) is 0 Å². The normalized spacial score (nSPS) is 12.8. The van der Waals surface area contributed by atoms with Crippen LogP contribution in [-0.2, 0) is 4.52 Å². The van der Waals surface area contributed by atoms with Gasteiger partial charge < -0.3 is 0 Å². The lowest BCUT2D eigenvalue weighted by atomic mass is 10.7. The summed E-state index contributed by atoms with van der Waals surface area (Å²) in [5.74, 6) is 0. The molecule has 0 aliphatic heterocycles. The molecule has 0 aromatic rings. The molecule has 0 spiro atoms. The topological polar surface area (TPSA) is 9.23 Å². The molecule has 0 saturated carbocycles. The second-order valence-corrected chi connectivity index (χ2v) is 1.22. The molecule has 0 fully saturated rings. The first-order valence-corrected chi connectivity index (χ1v) is 2.01. The lowest BCUT2D eigenvalue weighted by Gasteiger charge is -2.10. The van der Waals surface area contributed by atoms with E-state index in [0.29, 0.717) is 0 Å². The Hall–Kier alpha value is 0.110. The summed E-state index contributed by atoms with van der Waals surface area (Å²) < 4.78 is 47.4. The van der Waals surface area contributed by atoms with Crippen molar-refractivity contribution in [1.29, 1.82) is 0 Å². The fraction of sp³-hybridized carbons (Fsp3) is 1.00. The quantitative estimate of drug-likeness (QED) is 0.429. The molecular weight excluding hydrogens is 147 g/mol. The van der Waals surface area contributed by atoms with Gasteiger partial charge in [-0.25, -0.2) is 8.78 Å². The summed E-state index contributed by atoms with van der Waals surface area (Å²) in [5, 5.41) is 0. The van der Waals surface area contributed by atoms with Gasteiger partial charge in [0, 0.05) is 9.47 Å². The summed E-state index contributed by atoms with van der Waals surface area (Å²) in [6.07, 6.45) is -8.09. The van der Waals surface area contributed by atoms with Crippen molar-refractivity contribution in [3.8, 4) is 0 Å². The number of alkyl halides is 4. The van der Waals surface area contributed by atoms with E-state index in [4.69, 9.17) is 0 Å². The molecule has 1 unspecified atom stereocenters. The van der Waals surface area contributed by atoms with Crippen molar-refractivity contribution in [3.05, 3.63) is 0 Å². The molecule has 8 heavy (non-hydrogen) atoms. The maximum absolute atomic E-state index is 11.3. The van der Waals surface area contributed by atoms with E-state index in [1.807, 2.05) is 0 Å². The Labute approximate surface area is 45.3 Å². The molecule has 0 bridgehead atoms. The zero-order valence-corrected chi connectivity index (χ0v) is 4.73. The molecule has 0 aliphatic rings. The fourth-order valence-corrected chi connectivity index (χ4v) is 0.154. The highest BCUT2D eigenvalue weighted by Gasteiger charge is 2.40. The number of hydrogen-bond donors (Lipinski definition) is 0. The minimum absolute atomic E-state index is 1.06. The van der Waals surface area contributed by atoms with Crippen molar-refractivity contribution in [2.45, 2.75) is 12.5 Å². The number of hydrogen-bond acceptors (Lipinski definition) is 1. The number of halogens is 4. The van der Waals surface area contributed by atoms with Crippen molar-refractivity contribution >= 4 is 9.47 Å². The van der Waals surface area contributed by atoms with Crippen LogP contribution in [0.4, 0.5) is 17.6 Å². The van der Waals surface area contributed by atoms with Crippen LogP contribution in [0.3, 0.4) is 0 Å². The van der Waals surface area contributed by atoms with Gasteiger partial charge in [0.05, 0.1) is 0 Å². The van der Waals surface area contributed by atoms with E-state index in [9.17, 15) is 17.6 Å². The molecule has 0 heterocycles. The van der Waals surface area contributed by atoms with E-state index < -0.39 is 12.5 Å². The molecule has 0 rings (SSSR count). The third-order valence-electron chi connectivity index (χ3n) is 0.411. The van der Waals surface area contributed by atoms with Crippen LogP contribution in [0, 0.1) is 0 Å². The molecule has 1 nitrogen and oxygen atoms in total. The minimum Gasteiger partial charge on any atom is -0.299 e. The van der Waals surface area contributed by atoms with Gasteiger partial charge in [-0.05, 0) is 0 Å². The Bertz CT molecular complexity index is 74.4. The van der Waals surface area contributed by atoms with Crippen LogP contribution in [-0.4, -0.2) is 12.5 Å². The highest BCUT2D eigenvalue weighted by atomic mass is 31.0. The van der Waals surface area contributed by atoms with Gasteiger partial charge in [-0.2, -0.15) is 8.78 Å². The van der Waals surface area contributed by atoms with Crippen LogP contribution in [0.2, 0.25) is 0 Å². The maximum Gasteiger partial charge on any atom is 0.419 e. The average Bonchev–Trinajstić information content (AvgIpc) is 1.67. The van der Waals surface area contributed by atoms with E-state index in [2.05, 4.69) is 4.52 Å². The molecule has 0 radical (unpaired) electrons. The average molecular weight is 150 g/mol. The molecule has 0 amide bonds. The molecule has 6 heteroatoms. The summed E-state index contributed by atoms with van der Waals surface area (Å²) in [5.41, 5.74) is 0. The molecule has 0 saturated heterocycles. The lowest BCUT2D eigenvalue weighted by molar-refractivity contribution is -0.246. The Balaban J connectivity index is 3.71. The highest BCUT2D eigenvalue weighted by molar-refractivity contribution is 7.09. The van der Waals surface area contributed by atoms with Gasteiger partial charge in [0.25, 0.3) is 0 Å². The predicted octanol–water partition coefficient (Wildman–Crippen LogP) is 1.65. The van der Waals surface area contributed by atoms with E-state index in [1.54, 1.807) is 0 Å². The first-order chi connectivity index (χ1) is 3.50. The van der Waals surface area contributed by atoms with Crippen molar-refractivity contribution in [2.75, 3.05) is 0 Å². The van der Waals surface area contributed by atoms with Crippen LogP contribution < -0.4 is 0 Å². The van der Waals surface area contributed by atoms with Gasteiger partial charge >= 0.3 is 12.5 Å². The van der Waals surface area contributed by atoms with E-state index >= 15 is 0 Å². The standard InChI is InChI=1S/C2H3F4OP/c3-1(4)2(5,6)7-8/h1H,8H2. The third-order valence-corrected chi connectivity index (χ3v) is 0.725.